The summed E-state index contributed by atoms with van der Waals surface area (Å²) in [4.78, 5) is 2.25. The van der Waals surface area contributed by atoms with Gasteiger partial charge in [0.05, 0.1) is 5.69 Å². The van der Waals surface area contributed by atoms with Crippen molar-refractivity contribution in [2.75, 3.05) is 4.90 Å². The lowest BCUT2D eigenvalue weighted by molar-refractivity contribution is 0.426. The van der Waals surface area contributed by atoms with Gasteiger partial charge in [0, 0.05) is 31.5 Å². The van der Waals surface area contributed by atoms with Crippen molar-refractivity contribution >= 4 is 71.9 Å². The van der Waals surface area contributed by atoms with Gasteiger partial charge in [0.15, 0.2) is 0 Å². The van der Waals surface area contributed by atoms with E-state index in [0.717, 1.165) is 22.6 Å². The highest BCUT2D eigenvalue weighted by Crippen LogP contribution is 2.44. The average Bonchev–Trinajstić information content (AvgIpc) is 3.37. The Morgan fingerprint density at radius 3 is 1.92 bits per heavy atom. The van der Waals surface area contributed by atoms with Crippen molar-refractivity contribution < 1.29 is 10.0 Å². The first-order chi connectivity index (χ1) is 19.2. The summed E-state index contributed by atoms with van der Waals surface area (Å²) < 4.78 is 2.48. The molecule has 6 aromatic carbocycles. The van der Waals surface area contributed by atoms with Crippen LogP contribution in [0.5, 0.6) is 0 Å². The first kappa shape index (κ1) is 23.7. The van der Waals surface area contributed by atoms with E-state index >= 15 is 0 Å². The molecule has 0 unspecified atom stereocenters. The van der Waals surface area contributed by atoms with Gasteiger partial charge in [0.25, 0.3) is 0 Å². The molecule has 0 bridgehead atoms. The molecule has 0 aliphatic rings. The van der Waals surface area contributed by atoms with Crippen molar-refractivity contribution in [3.8, 4) is 11.1 Å². The maximum atomic E-state index is 9.68. The molecule has 0 radical (unpaired) electrons. The number of thiophene rings is 1. The van der Waals surface area contributed by atoms with E-state index in [-0.39, 0.29) is 0 Å². The van der Waals surface area contributed by atoms with Gasteiger partial charge in [-0.25, -0.2) is 0 Å². The largest absolute Gasteiger partial charge is 0.488 e. The van der Waals surface area contributed by atoms with Crippen LogP contribution in [0.3, 0.4) is 0 Å². The van der Waals surface area contributed by atoms with Gasteiger partial charge < -0.3 is 14.9 Å². The summed E-state index contributed by atoms with van der Waals surface area (Å²) in [6.45, 7) is 0. The quantitative estimate of drug-likeness (QED) is 0.226. The van der Waals surface area contributed by atoms with Gasteiger partial charge in [0.2, 0.25) is 0 Å². The number of benzene rings is 6. The van der Waals surface area contributed by atoms with Crippen molar-refractivity contribution in [2.45, 2.75) is 0 Å². The number of rotatable bonds is 5. The molecule has 0 spiro atoms. The topological polar surface area (TPSA) is 43.7 Å². The molecule has 186 valence electrons. The first-order valence-electron chi connectivity index (χ1n) is 12.9. The summed E-state index contributed by atoms with van der Waals surface area (Å²) in [6.07, 6.45) is 0. The van der Waals surface area contributed by atoms with Gasteiger partial charge >= 0.3 is 7.12 Å². The minimum absolute atomic E-state index is 0.462. The molecule has 5 heteroatoms. The summed E-state index contributed by atoms with van der Waals surface area (Å²) in [5, 5.41) is 24.3. The minimum atomic E-state index is -1.50. The lowest BCUT2D eigenvalue weighted by atomic mass is 9.80. The molecule has 39 heavy (non-hydrogen) atoms. The van der Waals surface area contributed by atoms with Crippen molar-refractivity contribution in [1.82, 2.24) is 0 Å². The van der Waals surface area contributed by atoms with E-state index in [1.54, 1.807) is 23.5 Å². The van der Waals surface area contributed by atoms with Gasteiger partial charge in [-0.3, -0.25) is 0 Å². The van der Waals surface area contributed by atoms with Gasteiger partial charge in [-0.15, -0.1) is 11.3 Å². The van der Waals surface area contributed by atoms with Crippen molar-refractivity contribution in [2.24, 2.45) is 0 Å². The molecule has 1 aromatic heterocycles. The number of anilines is 3. The number of nitrogens with zero attached hydrogens (tertiary/aromatic N) is 1. The van der Waals surface area contributed by atoms with Crippen LogP contribution in [0.15, 0.2) is 133 Å². The third kappa shape index (κ3) is 4.17. The molecular weight excluding hydrogens is 497 g/mol. The minimum Gasteiger partial charge on any atom is -0.423 e. The van der Waals surface area contributed by atoms with Crippen LogP contribution < -0.4 is 10.4 Å². The van der Waals surface area contributed by atoms with Crippen molar-refractivity contribution in [3.05, 3.63) is 133 Å². The van der Waals surface area contributed by atoms with Gasteiger partial charge in [0.1, 0.15) is 0 Å². The maximum absolute atomic E-state index is 9.68. The lowest BCUT2D eigenvalue weighted by Gasteiger charge is -2.27. The van der Waals surface area contributed by atoms with Crippen LogP contribution in [0.25, 0.3) is 42.1 Å². The predicted octanol–water partition coefficient (Wildman–Crippen LogP) is 8.02. The highest BCUT2D eigenvalue weighted by Gasteiger charge is 2.19. The predicted molar refractivity (Wildman–Crippen MR) is 167 cm³/mol. The Kier molecular flexibility index (Phi) is 5.90. The average molecular weight is 521 g/mol. The summed E-state index contributed by atoms with van der Waals surface area (Å²) in [5.74, 6) is 0. The molecule has 0 aliphatic heterocycles. The summed E-state index contributed by atoms with van der Waals surface area (Å²) >= 11 is 1.80. The molecule has 7 rings (SSSR count). The zero-order valence-electron chi connectivity index (χ0n) is 21.0. The zero-order chi connectivity index (χ0) is 26.3. The fraction of sp³-hybridized carbons (Fsp3) is 0. The second-order valence-electron chi connectivity index (χ2n) is 9.62. The van der Waals surface area contributed by atoms with E-state index in [1.807, 2.05) is 12.1 Å². The normalized spacial score (nSPS) is 11.3. The Morgan fingerprint density at radius 1 is 0.538 bits per heavy atom. The lowest BCUT2D eigenvalue weighted by Crippen LogP contribution is -2.29. The SMILES string of the molecule is OB(O)c1ccc(N(c2ccc(-c3cccc4ccccc34)cc2)c2cccc3sc4ccccc4c23)cc1. The Morgan fingerprint density at radius 2 is 1.15 bits per heavy atom. The van der Waals surface area contributed by atoms with E-state index in [1.165, 1.54) is 36.5 Å². The molecule has 2 N–H and O–H groups in total. The standard InChI is InChI=1S/C34H24BNO2S/c37-35(38)25-17-21-27(22-18-25)36(31-12-6-14-33-34(31)30-10-3-4-13-32(30)39-33)26-19-15-24(16-20-26)29-11-5-8-23-7-1-2-9-28(23)29/h1-22,37-38H. The number of hydrogen-bond donors (Lipinski definition) is 2. The monoisotopic (exact) mass is 521 g/mol. The van der Waals surface area contributed by atoms with Gasteiger partial charge in [-0.05, 0) is 69.8 Å². The smallest absolute Gasteiger partial charge is 0.423 e. The molecule has 0 saturated carbocycles. The van der Waals surface area contributed by atoms with Gasteiger partial charge in [-0.1, -0.05) is 91.0 Å². The summed E-state index contributed by atoms with van der Waals surface area (Å²) in [5.41, 5.74) is 5.88. The van der Waals surface area contributed by atoms with E-state index in [4.69, 9.17) is 0 Å². The molecule has 0 aliphatic carbocycles. The van der Waals surface area contributed by atoms with Crippen LogP contribution in [-0.2, 0) is 0 Å². The van der Waals surface area contributed by atoms with Crippen LogP contribution >= 0.6 is 11.3 Å². The highest BCUT2D eigenvalue weighted by molar-refractivity contribution is 7.26. The molecule has 0 atom stereocenters. The molecule has 0 amide bonds. The zero-order valence-corrected chi connectivity index (χ0v) is 21.8. The van der Waals surface area contributed by atoms with Crippen LogP contribution in [0.1, 0.15) is 0 Å². The third-order valence-corrected chi connectivity index (χ3v) is 8.43. The van der Waals surface area contributed by atoms with Crippen molar-refractivity contribution in [1.29, 1.82) is 0 Å². The van der Waals surface area contributed by atoms with E-state index < -0.39 is 7.12 Å². The van der Waals surface area contributed by atoms with Crippen LogP contribution in [0.4, 0.5) is 17.1 Å². The highest BCUT2D eigenvalue weighted by atomic mass is 32.1. The van der Waals surface area contributed by atoms with E-state index in [2.05, 4.69) is 114 Å². The molecule has 7 aromatic rings. The number of fused-ring (bicyclic) bond motifs is 4. The van der Waals surface area contributed by atoms with Crippen LogP contribution in [-0.4, -0.2) is 17.2 Å². The Bertz CT molecular complexity index is 1940. The van der Waals surface area contributed by atoms with Crippen LogP contribution in [0.2, 0.25) is 0 Å². The molecule has 3 nitrogen and oxygen atoms in total. The molecular formula is C34H24BNO2S. The van der Waals surface area contributed by atoms with Gasteiger partial charge in [-0.2, -0.15) is 0 Å². The third-order valence-electron chi connectivity index (χ3n) is 7.30. The van der Waals surface area contributed by atoms with Crippen LogP contribution in [0, 0.1) is 0 Å². The summed E-state index contributed by atoms with van der Waals surface area (Å²) in [7, 11) is -1.50. The van der Waals surface area contributed by atoms with E-state index in [9.17, 15) is 10.0 Å². The Balaban J connectivity index is 1.41. The molecule has 0 saturated heterocycles. The first-order valence-corrected chi connectivity index (χ1v) is 13.7. The fourth-order valence-corrected chi connectivity index (χ4v) is 6.56. The molecule has 0 fully saturated rings. The Hall–Kier alpha value is -4.42. The fourth-order valence-electron chi connectivity index (χ4n) is 5.43. The number of hydrogen-bond acceptors (Lipinski definition) is 4. The summed E-state index contributed by atoms with van der Waals surface area (Å²) in [6, 6.07) is 46.0. The Labute approximate surface area is 231 Å². The van der Waals surface area contributed by atoms with E-state index in [0.29, 0.717) is 5.46 Å². The second-order valence-corrected chi connectivity index (χ2v) is 10.7. The maximum Gasteiger partial charge on any atom is 0.488 e. The molecule has 1 heterocycles. The van der Waals surface area contributed by atoms with Crippen molar-refractivity contribution in [3.63, 3.8) is 0 Å². The second kappa shape index (κ2) is 9.72.